The maximum Gasteiger partial charge on any atom is 0.156 e. The predicted octanol–water partition coefficient (Wildman–Crippen LogP) is 2.73. The Balaban J connectivity index is 2.03. The molecule has 2 aromatic rings. The zero-order valence-corrected chi connectivity index (χ0v) is 11.7. The summed E-state index contributed by atoms with van der Waals surface area (Å²) in [6.07, 6.45) is 2.24. The fraction of sp³-hybridized carbons (Fsp3) is 0.467. The molecule has 0 aliphatic rings. The number of hydrogen-bond acceptors (Lipinski definition) is 4. The van der Waals surface area contributed by atoms with Crippen LogP contribution in [0.25, 0.3) is 10.8 Å². The van der Waals surface area contributed by atoms with Crippen molar-refractivity contribution in [2.24, 2.45) is 11.7 Å². The van der Waals surface area contributed by atoms with Gasteiger partial charge in [-0.1, -0.05) is 31.2 Å². The maximum absolute atomic E-state index is 5.61. The highest BCUT2D eigenvalue weighted by molar-refractivity contribution is 5.92. The Labute approximate surface area is 114 Å². The second-order valence-electron chi connectivity index (χ2n) is 5.09. The van der Waals surface area contributed by atoms with Crippen LogP contribution < -0.4 is 11.1 Å². The molecule has 0 bridgehead atoms. The lowest BCUT2D eigenvalue weighted by Gasteiger charge is -2.11. The fourth-order valence-corrected chi connectivity index (χ4v) is 2.14. The summed E-state index contributed by atoms with van der Waals surface area (Å²) in [5.74, 6) is 1.46. The Morgan fingerprint density at radius 2 is 1.95 bits per heavy atom. The van der Waals surface area contributed by atoms with Crippen LogP contribution in [0.2, 0.25) is 0 Å². The van der Waals surface area contributed by atoms with Gasteiger partial charge < -0.3 is 11.1 Å². The molecule has 1 unspecified atom stereocenters. The highest BCUT2D eigenvalue weighted by Crippen LogP contribution is 2.22. The lowest BCUT2D eigenvalue weighted by molar-refractivity contribution is 0.529. The van der Waals surface area contributed by atoms with Gasteiger partial charge in [-0.2, -0.15) is 5.10 Å². The first-order valence-electron chi connectivity index (χ1n) is 6.88. The van der Waals surface area contributed by atoms with E-state index in [9.17, 15) is 0 Å². The van der Waals surface area contributed by atoms with Crippen molar-refractivity contribution in [3.05, 3.63) is 30.0 Å². The van der Waals surface area contributed by atoms with Crippen LogP contribution in [0.15, 0.2) is 24.3 Å². The van der Waals surface area contributed by atoms with Crippen LogP contribution in [-0.2, 0) is 0 Å². The summed E-state index contributed by atoms with van der Waals surface area (Å²) < 4.78 is 0. The van der Waals surface area contributed by atoms with Gasteiger partial charge in [0.2, 0.25) is 0 Å². The summed E-state index contributed by atoms with van der Waals surface area (Å²) in [7, 11) is 0. The van der Waals surface area contributed by atoms with E-state index in [0.29, 0.717) is 5.92 Å². The topological polar surface area (TPSA) is 63.8 Å². The number of nitrogens with zero attached hydrogens (tertiary/aromatic N) is 2. The number of aromatic nitrogens is 2. The maximum atomic E-state index is 5.61. The molecule has 2 rings (SSSR count). The van der Waals surface area contributed by atoms with Gasteiger partial charge >= 0.3 is 0 Å². The van der Waals surface area contributed by atoms with Crippen molar-refractivity contribution in [2.45, 2.75) is 26.7 Å². The fourth-order valence-electron chi connectivity index (χ4n) is 2.14. The second-order valence-corrected chi connectivity index (χ2v) is 5.09. The van der Waals surface area contributed by atoms with E-state index in [2.05, 4.69) is 34.6 Å². The molecule has 0 aliphatic carbocycles. The molecule has 1 aromatic heterocycles. The van der Waals surface area contributed by atoms with Gasteiger partial charge in [-0.15, -0.1) is 5.10 Å². The van der Waals surface area contributed by atoms with E-state index in [-0.39, 0.29) is 0 Å². The Morgan fingerprint density at radius 3 is 2.68 bits per heavy atom. The first-order chi connectivity index (χ1) is 9.22. The quantitative estimate of drug-likeness (QED) is 0.782. The zero-order valence-electron chi connectivity index (χ0n) is 11.7. The summed E-state index contributed by atoms with van der Waals surface area (Å²) >= 11 is 0. The van der Waals surface area contributed by atoms with Crippen LogP contribution in [-0.4, -0.2) is 23.3 Å². The molecule has 1 atom stereocenters. The van der Waals surface area contributed by atoms with E-state index in [1.807, 2.05) is 19.1 Å². The molecule has 3 N–H and O–H groups in total. The Kier molecular flexibility index (Phi) is 4.68. The molecule has 0 saturated heterocycles. The summed E-state index contributed by atoms with van der Waals surface area (Å²) in [6.45, 7) is 5.84. The van der Waals surface area contributed by atoms with Crippen LogP contribution in [0.4, 0.5) is 5.82 Å². The van der Waals surface area contributed by atoms with E-state index in [1.165, 1.54) is 0 Å². The number of aryl methyl sites for hydroxylation is 1. The molecular formula is C15H22N4. The smallest absolute Gasteiger partial charge is 0.156 e. The van der Waals surface area contributed by atoms with Gasteiger partial charge in [0.1, 0.15) is 0 Å². The summed E-state index contributed by atoms with van der Waals surface area (Å²) in [6, 6.07) is 8.23. The predicted molar refractivity (Wildman–Crippen MR) is 80.2 cm³/mol. The minimum Gasteiger partial charge on any atom is -0.368 e. The van der Waals surface area contributed by atoms with Gasteiger partial charge in [-0.3, -0.25) is 0 Å². The monoisotopic (exact) mass is 258 g/mol. The Morgan fingerprint density at radius 1 is 1.21 bits per heavy atom. The molecule has 4 heteroatoms. The largest absolute Gasteiger partial charge is 0.368 e. The molecule has 0 saturated carbocycles. The van der Waals surface area contributed by atoms with Crippen LogP contribution in [0.3, 0.4) is 0 Å². The van der Waals surface area contributed by atoms with Crippen molar-refractivity contribution in [1.82, 2.24) is 10.2 Å². The van der Waals surface area contributed by atoms with Crippen LogP contribution in [0, 0.1) is 12.8 Å². The average Bonchev–Trinajstić information content (AvgIpc) is 2.45. The minimum atomic E-state index is 0.586. The molecule has 0 spiro atoms. The number of anilines is 1. The SMILES string of the molecule is Cc1nnc(NCCCC(C)CN)c2ccccc12. The average molecular weight is 258 g/mol. The van der Waals surface area contributed by atoms with E-state index in [1.54, 1.807) is 0 Å². The number of rotatable bonds is 6. The van der Waals surface area contributed by atoms with Crippen LogP contribution in [0.1, 0.15) is 25.5 Å². The van der Waals surface area contributed by atoms with Crippen LogP contribution >= 0.6 is 0 Å². The molecule has 19 heavy (non-hydrogen) atoms. The molecule has 0 radical (unpaired) electrons. The van der Waals surface area contributed by atoms with Crippen molar-refractivity contribution >= 4 is 16.6 Å². The lowest BCUT2D eigenvalue weighted by Crippen LogP contribution is -2.13. The van der Waals surface area contributed by atoms with Gasteiger partial charge in [-0.25, -0.2) is 0 Å². The van der Waals surface area contributed by atoms with Crippen molar-refractivity contribution in [3.8, 4) is 0 Å². The number of hydrogen-bond donors (Lipinski definition) is 2. The van der Waals surface area contributed by atoms with Crippen molar-refractivity contribution in [2.75, 3.05) is 18.4 Å². The number of benzene rings is 1. The number of nitrogens with two attached hydrogens (primary N) is 1. The summed E-state index contributed by atoms with van der Waals surface area (Å²) in [4.78, 5) is 0. The molecule has 0 aliphatic heterocycles. The third-order valence-electron chi connectivity index (χ3n) is 3.44. The standard InChI is InChI=1S/C15H22N4/c1-11(10-16)6-5-9-17-15-14-8-4-3-7-13(14)12(2)18-19-15/h3-4,7-8,11H,5-6,9-10,16H2,1-2H3,(H,17,19). The second kappa shape index (κ2) is 6.48. The van der Waals surface area contributed by atoms with E-state index in [4.69, 9.17) is 5.73 Å². The lowest BCUT2D eigenvalue weighted by atomic mass is 10.1. The van der Waals surface area contributed by atoms with E-state index in [0.717, 1.165) is 48.2 Å². The highest BCUT2D eigenvalue weighted by atomic mass is 15.2. The highest BCUT2D eigenvalue weighted by Gasteiger charge is 2.05. The van der Waals surface area contributed by atoms with Gasteiger partial charge in [-0.05, 0) is 32.2 Å². The van der Waals surface area contributed by atoms with Gasteiger partial charge in [0.05, 0.1) is 5.69 Å². The molecule has 0 fully saturated rings. The molecule has 102 valence electrons. The first kappa shape index (κ1) is 13.7. The van der Waals surface area contributed by atoms with Crippen LogP contribution in [0.5, 0.6) is 0 Å². The van der Waals surface area contributed by atoms with Crippen molar-refractivity contribution < 1.29 is 0 Å². The first-order valence-corrected chi connectivity index (χ1v) is 6.88. The Bertz CT molecular complexity index is 539. The zero-order chi connectivity index (χ0) is 13.7. The van der Waals surface area contributed by atoms with Crippen molar-refractivity contribution in [3.63, 3.8) is 0 Å². The summed E-state index contributed by atoms with van der Waals surface area (Å²) in [5.41, 5.74) is 6.58. The number of nitrogens with one attached hydrogen (secondary N) is 1. The molecule has 0 amide bonds. The van der Waals surface area contributed by atoms with Gasteiger partial charge in [0.15, 0.2) is 5.82 Å². The van der Waals surface area contributed by atoms with Crippen molar-refractivity contribution in [1.29, 1.82) is 0 Å². The Hall–Kier alpha value is -1.68. The molecule has 1 heterocycles. The third-order valence-corrected chi connectivity index (χ3v) is 3.44. The number of fused-ring (bicyclic) bond motifs is 1. The van der Waals surface area contributed by atoms with Gasteiger partial charge in [0.25, 0.3) is 0 Å². The van der Waals surface area contributed by atoms with Gasteiger partial charge in [0, 0.05) is 17.3 Å². The van der Waals surface area contributed by atoms with E-state index >= 15 is 0 Å². The van der Waals surface area contributed by atoms with E-state index < -0.39 is 0 Å². The normalized spacial score (nSPS) is 12.6. The minimum absolute atomic E-state index is 0.586. The molecule has 4 nitrogen and oxygen atoms in total. The summed E-state index contributed by atoms with van der Waals surface area (Å²) in [5, 5.41) is 14.1. The molecular weight excluding hydrogens is 236 g/mol. The molecule has 1 aromatic carbocycles. The third kappa shape index (κ3) is 3.41.